The van der Waals surface area contributed by atoms with Gasteiger partial charge in [0.05, 0.1) is 35.8 Å². The first-order chi connectivity index (χ1) is 12.2. The molecule has 136 valence electrons. The highest BCUT2D eigenvalue weighted by atomic mass is 32.1. The van der Waals surface area contributed by atoms with Gasteiger partial charge in [-0.1, -0.05) is 11.3 Å². The van der Waals surface area contributed by atoms with Gasteiger partial charge < -0.3 is 14.0 Å². The molecule has 5 aliphatic rings. The topological polar surface area (TPSA) is 52.8 Å². The summed E-state index contributed by atoms with van der Waals surface area (Å²) in [5.41, 5.74) is 1.03. The number of aromatic nitrogens is 1. The summed E-state index contributed by atoms with van der Waals surface area (Å²) in [6.45, 7) is 2.63. The van der Waals surface area contributed by atoms with Crippen molar-refractivity contribution in [1.82, 2.24) is 4.57 Å². The van der Waals surface area contributed by atoms with E-state index < -0.39 is 0 Å². The van der Waals surface area contributed by atoms with Crippen molar-refractivity contribution in [2.24, 2.45) is 28.2 Å². The summed E-state index contributed by atoms with van der Waals surface area (Å²) >= 11 is 1.63. The van der Waals surface area contributed by atoms with Crippen LogP contribution in [-0.4, -0.2) is 24.2 Å². The largest absolute Gasteiger partial charge is 0.383 e. The van der Waals surface area contributed by atoms with E-state index in [9.17, 15) is 4.79 Å². The minimum absolute atomic E-state index is 0.151. The van der Waals surface area contributed by atoms with Crippen LogP contribution in [0.3, 0.4) is 0 Å². The standard InChI is InChI=1S/C19H26N2O3S/c1-23-3-2-21-15-10-24-11-16(15)25-18(21)20-17(22)19-7-12-4-13(8-19)6-14(5-12)9-19/h12-14H,2-11H2,1H3. The zero-order chi connectivity index (χ0) is 17.0. The molecule has 1 aromatic rings. The number of hydrogen-bond acceptors (Lipinski definition) is 4. The Morgan fingerprint density at radius 2 is 1.92 bits per heavy atom. The molecule has 4 aliphatic carbocycles. The predicted molar refractivity (Wildman–Crippen MR) is 93.9 cm³/mol. The van der Waals surface area contributed by atoms with Gasteiger partial charge in [0.25, 0.3) is 5.91 Å². The van der Waals surface area contributed by atoms with Crippen molar-refractivity contribution in [1.29, 1.82) is 0 Å². The third-order valence-electron chi connectivity index (χ3n) is 6.77. The lowest BCUT2D eigenvalue weighted by Crippen LogP contribution is -2.50. The lowest BCUT2D eigenvalue weighted by molar-refractivity contribution is -0.142. The maximum atomic E-state index is 13.3. The van der Waals surface area contributed by atoms with E-state index in [1.165, 1.54) is 29.8 Å². The Morgan fingerprint density at radius 1 is 1.24 bits per heavy atom. The smallest absolute Gasteiger partial charge is 0.254 e. The molecule has 6 heteroatoms. The van der Waals surface area contributed by atoms with Crippen molar-refractivity contribution in [3.8, 4) is 0 Å². The first-order valence-electron chi connectivity index (χ1n) is 9.54. The average Bonchev–Trinajstić information content (AvgIpc) is 3.13. The molecule has 0 radical (unpaired) electrons. The van der Waals surface area contributed by atoms with Crippen LogP contribution in [0, 0.1) is 23.2 Å². The highest BCUT2D eigenvalue weighted by Crippen LogP contribution is 2.60. The number of nitrogens with zero attached hydrogens (tertiary/aromatic N) is 2. The number of fused-ring (bicyclic) bond motifs is 1. The average molecular weight is 362 g/mol. The maximum Gasteiger partial charge on any atom is 0.254 e. The van der Waals surface area contributed by atoms with Gasteiger partial charge in [0.1, 0.15) is 0 Å². The summed E-state index contributed by atoms with van der Waals surface area (Å²) in [5, 5.41) is 0. The SMILES string of the molecule is COCCn1c2c(sc1=NC(=O)C13CC4CC(CC(C4)C1)C3)COC2. The fourth-order valence-electron chi connectivity index (χ4n) is 6.08. The monoisotopic (exact) mass is 362 g/mol. The molecule has 2 heterocycles. The summed E-state index contributed by atoms with van der Waals surface area (Å²) < 4.78 is 13.0. The second kappa shape index (κ2) is 6.03. The van der Waals surface area contributed by atoms with Gasteiger partial charge in [-0.25, -0.2) is 0 Å². The van der Waals surface area contributed by atoms with Gasteiger partial charge in [0.2, 0.25) is 0 Å². The van der Waals surface area contributed by atoms with E-state index in [-0.39, 0.29) is 11.3 Å². The minimum atomic E-state index is -0.154. The molecule has 1 amide bonds. The number of ether oxygens (including phenoxy) is 2. The van der Waals surface area contributed by atoms with Gasteiger partial charge in [0, 0.05) is 13.7 Å². The summed E-state index contributed by atoms with van der Waals surface area (Å²) in [4.78, 5) is 20.0. The van der Waals surface area contributed by atoms with Crippen molar-refractivity contribution in [3.63, 3.8) is 0 Å². The summed E-state index contributed by atoms with van der Waals surface area (Å²) in [7, 11) is 1.71. The van der Waals surface area contributed by atoms with Gasteiger partial charge in [-0.2, -0.15) is 4.99 Å². The molecule has 0 aromatic carbocycles. The fraction of sp³-hybridized carbons (Fsp3) is 0.789. The van der Waals surface area contributed by atoms with Gasteiger partial charge >= 0.3 is 0 Å². The van der Waals surface area contributed by atoms with Crippen molar-refractivity contribution < 1.29 is 14.3 Å². The van der Waals surface area contributed by atoms with Crippen LogP contribution in [0.2, 0.25) is 0 Å². The van der Waals surface area contributed by atoms with Crippen LogP contribution in [0.15, 0.2) is 4.99 Å². The van der Waals surface area contributed by atoms with Crippen molar-refractivity contribution >= 4 is 17.2 Å². The first-order valence-corrected chi connectivity index (χ1v) is 10.4. The molecule has 1 aliphatic heterocycles. The van der Waals surface area contributed by atoms with Gasteiger partial charge in [-0.15, -0.1) is 0 Å². The molecule has 4 bridgehead atoms. The molecule has 25 heavy (non-hydrogen) atoms. The fourth-order valence-corrected chi connectivity index (χ4v) is 7.17. The minimum Gasteiger partial charge on any atom is -0.383 e. The lowest BCUT2D eigenvalue weighted by Gasteiger charge is -2.55. The summed E-state index contributed by atoms with van der Waals surface area (Å²) in [5.74, 6) is 2.46. The molecule has 6 rings (SSSR count). The number of methoxy groups -OCH3 is 1. The van der Waals surface area contributed by atoms with Gasteiger partial charge in [-0.3, -0.25) is 4.79 Å². The molecule has 0 atom stereocenters. The van der Waals surface area contributed by atoms with Crippen LogP contribution in [-0.2, 0) is 34.0 Å². The Balaban J connectivity index is 1.49. The number of carbonyl (C=O) groups excluding carboxylic acids is 1. The summed E-state index contributed by atoms with van der Waals surface area (Å²) in [6, 6.07) is 0. The second-order valence-corrected chi connectivity index (χ2v) is 9.57. The Hall–Kier alpha value is -0.980. The number of hydrogen-bond donors (Lipinski definition) is 0. The molecule has 0 spiro atoms. The van der Waals surface area contributed by atoms with E-state index in [2.05, 4.69) is 4.57 Å². The zero-order valence-electron chi connectivity index (χ0n) is 14.8. The van der Waals surface area contributed by atoms with Crippen LogP contribution < -0.4 is 4.80 Å². The lowest BCUT2D eigenvalue weighted by atomic mass is 9.49. The van der Waals surface area contributed by atoms with Crippen LogP contribution in [0.5, 0.6) is 0 Å². The van der Waals surface area contributed by atoms with Crippen LogP contribution in [0.1, 0.15) is 49.1 Å². The van der Waals surface area contributed by atoms with Crippen LogP contribution in [0.4, 0.5) is 0 Å². The maximum absolute atomic E-state index is 13.3. The van der Waals surface area contributed by atoms with Crippen LogP contribution in [0.25, 0.3) is 0 Å². The third kappa shape index (κ3) is 2.64. The predicted octanol–water partition coefficient (Wildman–Crippen LogP) is 2.87. The van der Waals surface area contributed by atoms with Crippen molar-refractivity contribution in [2.75, 3.05) is 13.7 Å². The molecule has 1 aromatic heterocycles. The Morgan fingerprint density at radius 3 is 2.56 bits per heavy atom. The molecule has 4 fully saturated rings. The molecule has 0 N–H and O–H groups in total. The highest BCUT2D eigenvalue weighted by molar-refractivity contribution is 7.09. The Labute approximate surface area is 152 Å². The molecule has 0 unspecified atom stereocenters. The van der Waals surface area contributed by atoms with E-state index in [0.717, 1.165) is 48.4 Å². The highest BCUT2D eigenvalue weighted by Gasteiger charge is 2.54. The Kier molecular flexibility index (Phi) is 3.91. The zero-order valence-corrected chi connectivity index (χ0v) is 15.6. The first kappa shape index (κ1) is 16.2. The van der Waals surface area contributed by atoms with E-state index in [1.807, 2.05) is 0 Å². The van der Waals surface area contributed by atoms with Crippen molar-refractivity contribution in [2.45, 2.75) is 58.3 Å². The normalized spacial score (nSPS) is 36.2. The van der Waals surface area contributed by atoms with E-state index in [1.54, 1.807) is 18.4 Å². The van der Waals surface area contributed by atoms with E-state index in [0.29, 0.717) is 19.8 Å². The number of amides is 1. The number of rotatable bonds is 4. The molecular formula is C19H26N2O3S. The quantitative estimate of drug-likeness (QED) is 0.828. The number of carbonyl (C=O) groups is 1. The Bertz CT molecular complexity index is 728. The molecule has 4 saturated carbocycles. The van der Waals surface area contributed by atoms with Gasteiger partial charge in [-0.05, 0) is 56.3 Å². The third-order valence-corrected chi connectivity index (χ3v) is 7.87. The number of thiazole rings is 1. The molecule has 0 saturated heterocycles. The van der Waals surface area contributed by atoms with E-state index in [4.69, 9.17) is 14.5 Å². The van der Waals surface area contributed by atoms with Crippen LogP contribution >= 0.6 is 11.3 Å². The second-order valence-electron chi connectivity index (χ2n) is 8.51. The molecule has 5 nitrogen and oxygen atoms in total. The van der Waals surface area contributed by atoms with Gasteiger partial charge in [0.15, 0.2) is 4.80 Å². The van der Waals surface area contributed by atoms with E-state index >= 15 is 0 Å². The summed E-state index contributed by atoms with van der Waals surface area (Å²) in [6.07, 6.45) is 7.29. The van der Waals surface area contributed by atoms with Crippen molar-refractivity contribution in [3.05, 3.63) is 15.4 Å². The molecular weight excluding hydrogens is 336 g/mol.